The minimum Gasteiger partial charge on any atom is -0.489 e. The number of methoxy groups -OCH3 is 1. The van der Waals surface area contributed by atoms with Crippen LogP contribution in [-0.2, 0) is 16.0 Å². The summed E-state index contributed by atoms with van der Waals surface area (Å²) in [6.07, 6.45) is 5.01. The van der Waals surface area contributed by atoms with Crippen LogP contribution in [-0.4, -0.2) is 31.8 Å². The lowest BCUT2D eigenvalue weighted by Crippen LogP contribution is -2.44. The van der Waals surface area contributed by atoms with Gasteiger partial charge in [-0.1, -0.05) is 18.6 Å². The summed E-state index contributed by atoms with van der Waals surface area (Å²) in [6.45, 7) is 3.21. The average molecular weight is 291 g/mol. The first-order chi connectivity index (χ1) is 10.2. The Labute approximate surface area is 126 Å². The van der Waals surface area contributed by atoms with Crippen LogP contribution in [0.25, 0.3) is 0 Å². The standard InChI is InChI=1S/C17H25NO3/c1-13(16-5-3-4-12-18-16)21-15-9-6-14(7-10-15)8-11-17(19)20-2/h6-7,9-10,13,16,18H,3-5,8,11-12H2,1-2H3. The van der Waals surface area contributed by atoms with Gasteiger partial charge in [0, 0.05) is 12.5 Å². The summed E-state index contributed by atoms with van der Waals surface area (Å²) in [5, 5.41) is 3.51. The third-order valence-corrected chi connectivity index (χ3v) is 4.01. The lowest BCUT2D eigenvalue weighted by Gasteiger charge is -2.29. The van der Waals surface area contributed by atoms with Crippen LogP contribution in [0.3, 0.4) is 0 Å². The van der Waals surface area contributed by atoms with Crippen molar-refractivity contribution in [3.8, 4) is 5.75 Å². The van der Waals surface area contributed by atoms with Crippen molar-refractivity contribution in [2.24, 2.45) is 0 Å². The molecule has 1 aromatic carbocycles. The Morgan fingerprint density at radius 3 is 2.71 bits per heavy atom. The van der Waals surface area contributed by atoms with Crippen LogP contribution >= 0.6 is 0 Å². The third-order valence-electron chi connectivity index (χ3n) is 4.01. The highest BCUT2D eigenvalue weighted by atomic mass is 16.5. The molecule has 1 saturated heterocycles. The Hall–Kier alpha value is -1.55. The first-order valence-corrected chi connectivity index (χ1v) is 7.75. The van der Waals surface area contributed by atoms with Crippen molar-refractivity contribution in [1.29, 1.82) is 0 Å². The fourth-order valence-corrected chi connectivity index (χ4v) is 2.66. The van der Waals surface area contributed by atoms with Crippen molar-refractivity contribution in [1.82, 2.24) is 5.32 Å². The number of carbonyl (C=O) groups excluding carboxylic acids is 1. The minimum absolute atomic E-state index is 0.172. The van der Waals surface area contributed by atoms with E-state index >= 15 is 0 Å². The quantitative estimate of drug-likeness (QED) is 0.819. The summed E-state index contributed by atoms with van der Waals surface area (Å²) in [7, 11) is 1.42. The zero-order valence-corrected chi connectivity index (χ0v) is 12.9. The average Bonchev–Trinajstić information content (AvgIpc) is 2.54. The largest absolute Gasteiger partial charge is 0.489 e. The van der Waals surface area contributed by atoms with Gasteiger partial charge in [0.25, 0.3) is 0 Å². The van der Waals surface area contributed by atoms with Crippen molar-refractivity contribution in [2.75, 3.05) is 13.7 Å². The molecular weight excluding hydrogens is 266 g/mol. The molecule has 2 rings (SSSR count). The van der Waals surface area contributed by atoms with Crippen LogP contribution in [0.5, 0.6) is 5.75 Å². The summed E-state index contributed by atoms with van der Waals surface area (Å²) < 4.78 is 10.6. The van der Waals surface area contributed by atoms with Gasteiger partial charge in [-0.05, 0) is 50.4 Å². The molecule has 0 aromatic heterocycles. The zero-order valence-electron chi connectivity index (χ0n) is 12.9. The number of nitrogens with one attached hydrogen (secondary N) is 1. The number of carbonyl (C=O) groups is 1. The van der Waals surface area contributed by atoms with Crippen molar-refractivity contribution in [2.45, 2.75) is 51.2 Å². The molecule has 0 radical (unpaired) electrons. The Balaban J connectivity index is 1.82. The first kappa shape index (κ1) is 15.8. The highest BCUT2D eigenvalue weighted by Crippen LogP contribution is 2.19. The number of ether oxygens (including phenoxy) is 2. The summed E-state index contributed by atoms with van der Waals surface area (Å²) >= 11 is 0. The van der Waals surface area contributed by atoms with Gasteiger partial charge in [0.15, 0.2) is 0 Å². The summed E-state index contributed by atoms with van der Waals surface area (Å²) in [6, 6.07) is 8.42. The Kier molecular flexibility index (Phi) is 6.05. The lowest BCUT2D eigenvalue weighted by molar-refractivity contribution is -0.140. The van der Waals surface area contributed by atoms with Gasteiger partial charge in [-0.2, -0.15) is 0 Å². The maximum atomic E-state index is 11.1. The molecule has 116 valence electrons. The van der Waals surface area contributed by atoms with Crippen LogP contribution in [0.4, 0.5) is 0 Å². The fourth-order valence-electron chi connectivity index (χ4n) is 2.66. The fraction of sp³-hybridized carbons (Fsp3) is 0.588. The van der Waals surface area contributed by atoms with Crippen LogP contribution in [0.1, 0.15) is 38.2 Å². The molecule has 2 atom stereocenters. The number of benzene rings is 1. The molecule has 1 aromatic rings. The number of piperidine rings is 1. The Morgan fingerprint density at radius 1 is 1.33 bits per heavy atom. The zero-order chi connectivity index (χ0) is 15.1. The molecule has 1 aliphatic heterocycles. The minimum atomic E-state index is -0.174. The van der Waals surface area contributed by atoms with E-state index in [-0.39, 0.29) is 12.1 Å². The van der Waals surface area contributed by atoms with Gasteiger partial charge < -0.3 is 14.8 Å². The van der Waals surface area contributed by atoms with E-state index in [1.54, 1.807) is 0 Å². The first-order valence-electron chi connectivity index (χ1n) is 7.75. The Bertz CT molecular complexity index is 438. The van der Waals surface area contributed by atoms with E-state index in [1.165, 1.54) is 26.4 Å². The second-order valence-corrected chi connectivity index (χ2v) is 5.60. The van der Waals surface area contributed by atoms with Crippen molar-refractivity contribution < 1.29 is 14.3 Å². The molecule has 1 N–H and O–H groups in total. The predicted molar refractivity (Wildman–Crippen MR) is 82.5 cm³/mol. The van der Waals surface area contributed by atoms with Gasteiger partial charge >= 0.3 is 5.97 Å². The molecule has 0 saturated carbocycles. The molecule has 4 nitrogen and oxygen atoms in total. The molecule has 1 fully saturated rings. The molecule has 0 spiro atoms. The summed E-state index contributed by atoms with van der Waals surface area (Å²) in [5.41, 5.74) is 1.12. The second-order valence-electron chi connectivity index (χ2n) is 5.60. The maximum Gasteiger partial charge on any atom is 0.305 e. The topological polar surface area (TPSA) is 47.6 Å². The summed E-state index contributed by atoms with van der Waals surface area (Å²) in [4.78, 5) is 11.1. The predicted octanol–water partition coefficient (Wildman–Crippen LogP) is 2.70. The SMILES string of the molecule is COC(=O)CCc1ccc(OC(C)C2CCCCN2)cc1. The summed E-state index contributed by atoms with van der Waals surface area (Å²) in [5.74, 6) is 0.712. The molecule has 1 aliphatic rings. The van der Waals surface area contributed by atoms with Gasteiger partial charge in [-0.3, -0.25) is 4.79 Å². The highest BCUT2D eigenvalue weighted by Gasteiger charge is 2.20. The van der Waals surface area contributed by atoms with Gasteiger partial charge in [0.2, 0.25) is 0 Å². The number of rotatable bonds is 6. The van der Waals surface area contributed by atoms with Crippen LogP contribution in [0, 0.1) is 0 Å². The molecular formula is C17H25NO3. The van der Waals surface area contributed by atoms with E-state index in [9.17, 15) is 4.79 Å². The highest BCUT2D eigenvalue weighted by molar-refractivity contribution is 5.69. The molecule has 0 amide bonds. The second kappa shape index (κ2) is 8.03. The van der Waals surface area contributed by atoms with Crippen LogP contribution in [0.2, 0.25) is 0 Å². The third kappa shape index (κ3) is 5.05. The van der Waals surface area contributed by atoms with Crippen molar-refractivity contribution in [3.63, 3.8) is 0 Å². The van der Waals surface area contributed by atoms with E-state index in [0.29, 0.717) is 18.9 Å². The van der Waals surface area contributed by atoms with E-state index in [1.807, 2.05) is 24.3 Å². The smallest absolute Gasteiger partial charge is 0.305 e. The number of hydrogen-bond donors (Lipinski definition) is 1. The van der Waals surface area contributed by atoms with E-state index in [2.05, 4.69) is 17.0 Å². The lowest BCUT2D eigenvalue weighted by atomic mass is 10.0. The molecule has 1 heterocycles. The van der Waals surface area contributed by atoms with Gasteiger partial charge in [0.1, 0.15) is 11.9 Å². The molecule has 21 heavy (non-hydrogen) atoms. The van der Waals surface area contributed by atoms with Crippen LogP contribution < -0.4 is 10.1 Å². The van der Waals surface area contributed by atoms with Gasteiger partial charge in [-0.25, -0.2) is 0 Å². The maximum absolute atomic E-state index is 11.1. The van der Waals surface area contributed by atoms with E-state index in [4.69, 9.17) is 4.74 Å². The van der Waals surface area contributed by atoms with Crippen LogP contribution in [0.15, 0.2) is 24.3 Å². The monoisotopic (exact) mass is 291 g/mol. The van der Waals surface area contributed by atoms with E-state index < -0.39 is 0 Å². The number of esters is 1. The van der Waals surface area contributed by atoms with Crippen molar-refractivity contribution in [3.05, 3.63) is 29.8 Å². The van der Waals surface area contributed by atoms with E-state index in [0.717, 1.165) is 17.9 Å². The molecule has 0 bridgehead atoms. The van der Waals surface area contributed by atoms with Gasteiger partial charge in [0.05, 0.1) is 7.11 Å². The Morgan fingerprint density at radius 2 is 2.10 bits per heavy atom. The molecule has 0 aliphatic carbocycles. The van der Waals surface area contributed by atoms with Gasteiger partial charge in [-0.15, -0.1) is 0 Å². The molecule has 2 unspecified atom stereocenters. The number of hydrogen-bond acceptors (Lipinski definition) is 4. The molecule has 4 heteroatoms. The normalized spacial score (nSPS) is 19.8. The number of aryl methyl sites for hydroxylation is 1. The van der Waals surface area contributed by atoms with Crippen molar-refractivity contribution >= 4 is 5.97 Å².